The maximum Gasteiger partial charge on any atom is 0.264 e. The predicted molar refractivity (Wildman–Crippen MR) is 143 cm³/mol. The summed E-state index contributed by atoms with van der Waals surface area (Å²) in [4.78, 5) is 38.9. The van der Waals surface area contributed by atoms with E-state index in [-0.39, 0.29) is 11.8 Å². The van der Waals surface area contributed by atoms with Crippen molar-refractivity contribution in [1.82, 2.24) is 19.8 Å². The molecule has 2 aromatic heterocycles. The SMILES string of the molecule is CN(C)CCC(=O)Nc1cccc(Nc2ncc3ccc4sc(C(=O)N5CCOCC5)cc4c3n2)c1. The summed E-state index contributed by atoms with van der Waals surface area (Å²) in [5, 5.41) is 8.00. The molecule has 4 aromatic rings. The zero-order valence-corrected chi connectivity index (χ0v) is 21.1. The van der Waals surface area contributed by atoms with Crippen LogP contribution in [0.15, 0.2) is 48.7 Å². The van der Waals surface area contributed by atoms with Gasteiger partial charge in [-0.1, -0.05) is 6.07 Å². The number of morpholine rings is 1. The van der Waals surface area contributed by atoms with E-state index < -0.39 is 0 Å². The number of anilines is 3. The summed E-state index contributed by atoms with van der Waals surface area (Å²) < 4.78 is 6.38. The zero-order chi connectivity index (χ0) is 25.1. The Hall–Kier alpha value is -3.60. The Balaban J connectivity index is 1.37. The van der Waals surface area contributed by atoms with E-state index in [1.54, 1.807) is 6.20 Å². The summed E-state index contributed by atoms with van der Waals surface area (Å²) in [7, 11) is 3.88. The molecule has 0 unspecified atom stereocenters. The van der Waals surface area contributed by atoms with Crippen LogP contribution in [0.5, 0.6) is 0 Å². The topological polar surface area (TPSA) is 99.7 Å². The standard InChI is InChI=1S/C26H28N6O3S/c1-31(2)9-8-23(33)28-18-4-3-5-19(14-18)29-26-27-16-17-6-7-21-20(24(17)30-26)15-22(36-21)25(34)32-10-12-35-13-11-32/h3-7,14-16H,8-13H2,1-2H3,(H,28,33)(H,27,29,30). The number of carbonyl (C=O) groups is 2. The third-order valence-electron chi connectivity index (χ3n) is 5.94. The van der Waals surface area contributed by atoms with Gasteiger partial charge in [0.15, 0.2) is 0 Å². The van der Waals surface area contributed by atoms with Crippen LogP contribution < -0.4 is 10.6 Å². The first-order valence-corrected chi connectivity index (χ1v) is 12.7. The molecule has 2 N–H and O–H groups in total. The highest BCUT2D eigenvalue weighted by Gasteiger charge is 2.21. The third kappa shape index (κ3) is 5.46. The van der Waals surface area contributed by atoms with Crippen LogP contribution >= 0.6 is 11.3 Å². The molecule has 1 aliphatic heterocycles. The second-order valence-corrected chi connectivity index (χ2v) is 10.0. The molecule has 1 fully saturated rings. The van der Waals surface area contributed by atoms with Gasteiger partial charge in [0, 0.05) is 59.1 Å². The van der Waals surface area contributed by atoms with Crippen molar-refractivity contribution in [3.05, 3.63) is 53.5 Å². The minimum atomic E-state index is -0.0370. The van der Waals surface area contributed by atoms with Crippen LogP contribution in [0.2, 0.25) is 0 Å². The number of nitrogens with zero attached hydrogens (tertiary/aromatic N) is 4. The van der Waals surface area contributed by atoms with E-state index in [0.717, 1.165) is 26.7 Å². The second-order valence-electron chi connectivity index (χ2n) is 8.93. The predicted octanol–water partition coefficient (Wildman–Crippen LogP) is 3.95. The van der Waals surface area contributed by atoms with Crippen molar-refractivity contribution >= 4 is 61.5 Å². The summed E-state index contributed by atoms with van der Waals surface area (Å²) >= 11 is 1.48. The Morgan fingerprint density at radius 2 is 1.92 bits per heavy atom. The molecule has 1 saturated heterocycles. The van der Waals surface area contributed by atoms with Gasteiger partial charge in [-0.25, -0.2) is 9.97 Å². The Bertz CT molecular complexity index is 1410. The lowest BCUT2D eigenvalue weighted by Gasteiger charge is -2.26. The van der Waals surface area contributed by atoms with Gasteiger partial charge in [-0.3, -0.25) is 9.59 Å². The number of ether oxygens (including phenoxy) is 1. The zero-order valence-electron chi connectivity index (χ0n) is 20.3. The molecular weight excluding hydrogens is 476 g/mol. The lowest BCUT2D eigenvalue weighted by molar-refractivity contribution is -0.116. The number of rotatable bonds is 7. The molecule has 1 aliphatic rings. The number of nitrogens with one attached hydrogen (secondary N) is 2. The number of amides is 2. The molecule has 9 nitrogen and oxygen atoms in total. The van der Waals surface area contributed by atoms with Gasteiger partial charge >= 0.3 is 0 Å². The Labute approximate surface area is 213 Å². The van der Waals surface area contributed by atoms with E-state index in [2.05, 4.69) is 15.6 Å². The van der Waals surface area contributed by atoms with Crippen LogP contribution in [-0.4, -0.2) is 78.5 Å². The number of hydrogen-bond donors (Lipinski definition) is 2. The molecule has 2 amide bonds. The normalized spacial score (nSPS) is 13.9. The maximum atomic E-state index is 13.0. The highest BCUT2D eigenvalue weighted by molar-refractivity contribution is 7.21. The number of fused-ring (bicyclic) bond motifs is 3. The van der Waals surface area contributed by atoms with Gasteiger partial charge in [0.05, 0.1) is 23.6 Å². The molecule has 0 saturated carbocycles. The van der Waals surface area contributed by atoms with Crippen molar-refractivity contribution in [2.24, 2.45) is 0 Å². The average Bonchev–Trinajstić information content (AvgIpc) is 3.33. The lowest BCUT2D eigenvalue weighted by Crippen LogP contribution is -2.40. The van der Waals surface area contributed by atoms with Crippen molar-refractivity contribution in [3.8, 4) is 0 Å². The van der Waals surface area contributed by atoms with Crippen LogP contribution in [-0.2, 0) is 9.53 Å². The van der Waals surface area contributed by atoms with Crippen LogP contribution in [0.25, 0.3) is 21.0 Å². The van der Waals surface area contributed by atoms with Crippen molar-refractivity contribution in [3.63, 3.8) is 0 Å². The smallest absolute Gasteiger partial charge is 0.264 e. The second kappa shape index (κ2) is 10.6. The highest BCUT2D eigenvalue weighted by atomic mass is 32.1. The molecule has 3 heterocycles. The fourth-order valence-electron chi connectivity index (χ4n) is 4.05. The minimum absolute atomic E-state index is 0.0319. The lowest BCUT2D eigenvalue weighted by atomic mass is 10.1. The van der Waals surface area contributed by atoms with Gasteiger partial charge in [-0.2, -0.15) is 0 Å². The average molecular weight is 505 g/mol. The Kier molecular flexibility index (Phi) is 7.08. The van der Waals surface area contributed by atoms with Gasteiger partial charge in [0.2, 0.25) is 11.9 Å². The van der Waals surface area contributed by atoms with Crippen molar-refractivity contribution in [2.75, 3.05) is 57.6 Å². The summed E-state index contributed by atoms with van der Waals surface area (Å²) in [6.45, 7) is 3.05. The van der Waals surface area contributed by atoms with E-state index in [4.69, 9.17) is 9.72 Å². The Morgan fingerprint density at radius 1 is 1.11 bits per heavy atom. The first-order valence-electron chi connectivity index (χ1n) is 11.8. The number of benzene rings is 2. The fourth-order valence-corrected chi connectivity index (χ4v) is 5.08. The minimum Gasteiger partial charge on any atom is -0.378 e. The molecule has 10 heteroatoms. The van der Waals surface area contributed by atoms with Crippen LogP contribution in [0.3, 0.4) is 0 Å². The van der Waals surface area contributed by atoms with Crippen LogP contribution in [0.4, 0.5) is 17.3 Å². The third-order valence-corrected chi connectivity index (χ3v) is 7.03. The number of aromatic nitrogens is 2. The summed E-state index contributed by atoms with van der Waals surface area (Å²) in [6, 6.07) is 13.4. The first kappa shape index (κ1) is 24.1. The largest absolute Gasteiger partial charge is 0.378 e. The van der Waals surface area contributed by atoms with Gasteiger partial charge in [0.25, 0.3) is 5.91 Å². The van der Waals surface area contributed by atoms with Gasteiger partial charge < -0.3 is 25.2 Å². The summed E-state index contributed by atoms with van der Waals surface area (Å²) in [5.74, 6) is 0.438. The first-order chi connectivity index (χ1) is 17.5. The molecule has 0 aliphatic carbocycles. The Morgan fingerprint density at radius 3 is 2.72 bits per heavy atom. The monoisotopic (exact) mass is 504 g/mol. The van der Waals surface area contributed by atoms with Gasteiger partial charge in [-0.05, 0) is 50.5 Å². The van der Waals surface area contributed by atoms with Crippen molar-refractivity contribution < 1.29 is 14.3 Å². The van der Waals surface area contributed by atoms with Crippen molar-refractivity contribution in [2.45, 2.75) is 6.42 Å². The quantitative estimate of drug-likeness (QED) is 0.393. The van der Waals surface area contributed by atoms with E-state index in [9.17, 15) is 9.59 Å². The molecule has 5 rings (SSSR count). The van der Waals surface area contributed by atoms with E-state index in [0.29, 0.717) is 55.8 Å². The number of thiophene rings is 1. The van der Waals surface area contributed by atoms with Gasteiger partial charge in [0.1, 0.15) is 0 Å². The fraction of sp³-hybridized carbons (Fsp3) is 0.308. The summed E-state index contributed by atoms with van der Waals surface area (Å²) in [5.41, 5.74) is 2.26. The van der Waals surface area contributed by atoms with Crippen LogP contribution in [0.1, 0.15) is 16.1 Å². The van der Waals surface area contributed by atoms with Crippen molar-refractivity contribution in [1.29, 1.82) is 0 Å². The molecule has 0 spiro atoms. The number of hydrogen-bond acceptors (Lipinski definition) is 8. The van der Waals surface area contributed by atoms with E-state index in [1.165, 1.54) is 11.3 Å². The molecular formula is C26H28N6O3S. The molecule has 36 heavy (non-hydrogen) atoms. The molecule has 186 valence electrons. The molecule has 2 aromatic carbocycles. The highest BCUT2D eigenvalue weighted by Crippen LogP contribution is 2.32. The maximum absolute atomic E-state index is 13.0. The van der Waals surface area contributed by atoms with E-state index >= 15 is 0 Å². The molecule has 0 bridgehead atoms. The van der Waals surface area contributed by atoms with Crippen LogP contribution in [0, 0.1) is 0 Å². The summed E-state index contributed by atoms with van der Waals surface area (Å²) in [6.07, 6.45) is 2.20. The molecule has 0 radical (unpaired) electrons. The number of carbonyl (C=O) groups excluding carboxylic acids is 2. The van der Waals surface area contributed by atoms with E-state index in [1.807, 2.05) is 66.4 Å². The van der Waals surface area contributed by atoms with Gasteiger partial charge in [-0.15, -0.1) is 11.3 Å². The molecule has 0 atom stereocenters.